The maximum atomic E-state index is 13.1. The van der Waals surface area contributed by atoms with Gasteiger partial charge in [0, 0.05) is 12.0 Å². The first kappa shape index (κ1) is 24.2. The van der Waals surface area contributed by atoms with Crippen molar-refractivity contribution in [3.63, 3.8) is 0 Å². The number of alkyl carbamates (subject to hydrolysis) is 1. The van der Waals surface area contributed by atoms with Crippen molar-refractivity contribution in [2.45, 2.75) is 29.8 Å². The van der Waals surface area contributed by atoms with Crippen molar-refractivity contribution in [2.75, 3.05) is 19.8 Å². The number of alkyl halides is 3. The third kappa shape index (κ3) is 8.81. The topological polar surface area (TPSA) is 90.9 Å². The van der Waals surface area contributed by atoms with Gasteiger partial charge in [0.05, 0.1) is 13.2 Å². The summed E-state index contributed by atoms with van der Waals surface area (Å²) in [7, 11) is -3.85. The fraction of sp³-hybridized carbons (Fsp3) is 0.500. The minimum Gasteiger partial charge on any atom is -0.445 e. The Labute approximate surface area is 173 Å². The highest BCUT2D eigenvalue weighted by molar-refractivity contribution is 7.54. The first-order chi connectivity index (χ1) is 12.6. The molecule has 1 aromatic rings. The van der Waals surface area contributed by atoms with Crippen LogP contribution in [0.3, 0.4) is 0 Å². The number of carbonyl (C=O) groups excluding carboxylic acids is 2. The van der Waals surface area contributed by atoms with Crippen LogP contribution in [-0.2, 0) is 18.3 Å². The van der Waals surface area contributed by atoms with Crippen LogP contribution in [0.1, 0.15) is 30.6 Å². The van der Waals surface area contributed by atoms with E-state index < -0.39 is 29.9 Å². The number of halogens is 3. The Morgan fingerprint density at radius 2 is 1.67 bits per heavy atom. The molecule has 1 aromatic carbocycles. The van der Waals surface area contributed by atoms with E-state index in [0.717, 1.165) is 0 Å². The van der Waals surface area contributed by atoms with Crippen LogP contribution in [0.2, 0.25) is 0 Å². The van der Waals surface area contributed by atoms with Gasteiger partial charge < -0.3 is 19.1 Å². The highest BCUT2D eigenvalue weighted by atomic mass is 35.6. The molecule has 0 saturated carbocycles. The second-order valence-electron chi connectivity index (χ2n) is 5.22. The zero-order valence-corrected chi connectivity index (χ0v) is 18.0. The average Bonchev–Trinajstić information content (AvgIpc) is 2.60. The van der Waals surface area contributed by atoms with Crippen molar-refractivity contribution in [1.29, 1.82) is 0 Å². The Balaban J connectivity index is 2.99. The first-order valence-electron chi connectivity index (χ1n) is 8.08. The Hall–Kier alpha value is -0.820. The quantitative estimate of drug-likeness (QED) is 0.302. The first-order valence-corrected chi connectivity index (χ1v) is 10.8. The molecule has 1 amide bonds. The predicted octanol–water partition coefficient (Wildman–Crippen LogP) is 4.95. The summed E-state index contributed by atoms with van der Waals surface area (Å²) in [4.78, 5) is 24.5. The molecule has 0 aliphatic rings. The fourth-order valence-corrected chi connectivity index (χ4v) is 4.03. The van der Waals surface area contributed by atoms with Gasteiger partial charge in [0.25, 0.3) is 0 Å². The van der Waals surface area contributed by atoms with Gasteiger partial charge in [0.2, 0.25) is 3.79 Å². The maximum absolute atomic E-state index is 13.1. The summed E-state index contributed by atoms with van der Waals surface area (Å²) in [6, 6.07) is 8.34. The fourth-order valence-electron chi connectivity index (χ4n) is 2.06. The molecule has 1 rings (SSSR count). The Kier molecular flexibility index (Phi) is 10.1. The van der Waals surface area contributed by atoms with Crippen LogP contribution in [0, 0.1) is 0 Å². The van der Waals surface area contributed by atoms with Crippen LogP contribution in [0.25, 0.3) is 0 Å². The molecule has 0 fully saturated rings. The number of carbonyl (C=O) groups is 2. The molecule has 0 aliphatic heterocycles. The van der Waals surface area contributed by atoms with Crippen molar-refractivity contribution in [3.05, 3.63) is 35.9 Å². The number of hydrogen-bond acceptors (Lipinski definition) is 6. The number of ketones is 1. The van der Waals surface area contributed by atoms with Crippen molar-refractivity contribution < 1.29 is 27.9 Å². The van der Waals surface area contributed by atoms with Crippen molar-refractivity contribution in [1.82, 2.24) is 5.32 Å². The number of rotatable bonds is 10. The van der Waals surface area contributed by atoms with Gasteiger partial charge in [-0.15, -0.1) is 0 Å². The average molecular weight is 461 g/mol. The van der Waals surface area contributed by atoms with Crippen molar-refractivity contribution >= 4 is 54.3 Å². The molecular weight excluding hydrogens is 440 g/mol. The maximum Gasteiger partial charge on any atom is 0.408 e. The highest BCUT2D eigenvalue weighted by Crippen LogP contribution is 2.53. The number of amides is 1. The Bertz CT molecular complexity index is 658. The molecule has 0 saturated heterocycles. The second kappa shape index (κ2) is 11.2. The summed E-state index contributed by atoms with van der Waals surface area (Å²) >= 11 is 16.6. The van der Waals surface area contributed by atoms with E-state index in [0.29, 0.717) is 5.56 Å². The zero-order valence-electron chi connectivity index (χ0n) is 14.8. The van der Waals surface area contributed by atoms with E-state index in [9.17, 15) is 14.2 Å². The summed E-state index contributed by atoms with van der Waals surface area (Å²) in [5.74, 6) is -1.63. The highest BCUT2D eigenvalue weighted by Gasteiger charge is 2.39. The SMILES string of the molecule is CCOP(=O)(OCC)C(CC(=O)c1ccccc1)NC(=O)OCC(Cl)(Cl)Cl. The summed E-state index contributed by atoms with van der Waals surface area (Å²) in [6.07, 6.45) is -1.35. The molecule has 7 nitrogen and oxygen atoms in total. The summed E-state index contributed by atoms with van der Waals surface area (Å²) in [5.41, 5.74) is 0.388. The summed E-state index contributed by atoms with van der Waals surface area (Å²) in [5, 5.41) is 2.33. The summed E-state index contributed by atoms with van der Waals surface area (Å²) < 4.78 is 26.5. The molecule has 0 aromatic heterocycles. The third-order valence-electron chi connectivity index (χ3n) is 3.13. The smallest absolute Gasteiger partial charge is 0.408 e. The second-order valence-corrected chi connectivity index (χ2v) is 9.96. The minimum absolute atomic E-state index is 0.0538. The van der Waals surface area contributed by atoms with Crippen LogP contribution >= 0.6 is 42.4 Å². The summed E-state index contributed by atoms with van der Waals surface area (Å²) in [6.45, 7) is 2.80. The number of benzene rings is 1. The van der Waals surface area contributed by atoms with Crippen molar-refractivity contribution in [3.8, 4) is 0 Å². The van der Waals surface area contributed by atoms with Gasteiger partial charge in [-0.25, -0.2) is 4.79 Å². The molecule has 1 atom stereocenters. The molecule has 152 valence electrons. The number of nitrogens with one attached hydrogen (secondary N) is 1. The van der Waals surface area contributed by atoms with Gasteiger partial charge >= 0.3 is 13.7 Å². The molecule has 1 unspecified atom stereocenters. The standard InChI is InChI=1S/C16H21Cl3NO6P/c1-3-25-27(23,26-4-2)14(20-15(22)24-11-16(17,18)19)10-13(21)12-8-6-5-7-9-12/h5-9,14H,3-4,10-11H2,1-2H3,(H,20,22). The number of hydrogen-bond donors (Lipinski definition) is 1. The van der Waals surface area contributed by atoms with E-state index in [-0.39, 0.29) is 25.4 Å². The molecule has 0 radical (unpaired) electrons. The van der Waals surface area contributed by atoms with E-state index >= 15 is 0 Å². The lowest BCUT2D eigenvalue weighted by molar-refractivity contribution is 0.0965. The molecule has 1 N–H and O–H groups in total. The van der Waals surface area contributed by atoms with Crippen LogP contribution in [0.4, 0.5) is 4.79 Å². The third-order valence-corrected chi connectivity index (χ3v) is 5.76. The van der Waals surface area contributed by atoms with Gasteiger partial charge in [0.1, 0.15) is 12.4 Å². The lowest BCUT2D eigenvalue weighted by Crippen LogP contribution is -2.39. The van der Waals surface area contributed by atoms with E-state index in [1.54, 1.807) is 44.2 Å². The van der Waals surface area contributed by atoms with E-state index in [1.807, 2.05) is 0 Å². The van der Waals surface area contributed by atoms with E-state index in [2.05, 4.69) is 5.32 Å². The monoisotopic (exact) mass is 459 g/mol. The molecule has 27 heavy (non-hydrogen) atoms. The predicted molar refractivity (Wildman–Crippen MR) is 105 cm³/mol. The van der Waals surface area contributed by atoms with Crippen molar-refractivity contribution in [2.24, 2.45) is 0 Å². The zero-order chi connectivity index (χ0) is 20.5. The van der Waals surface area contributed by atoms with E-state index in [4.69, 9.17) is 48.6 Å². The molecule has 0 heterocycles. The lowest BCUT2D eigenvalue weighted by Gasteiger charge is -2.26. The molecule has 11 heteroatoms. The number of ether oxygens (including phenoxy) is 1. The minimum atomic E-state index is -3.85. The Morgan fingerprint density at radius 1 is 1.11 bits per heavy atom. The van der Waals surface area contributed by atoms with E-state index in [1.165, 1.54) is 0 Å². The molecule has 0 aliphatic carbocycles. The normalized spacial score (nSPS) is 13.1. The molecular formula is C16H21Cl3NO6P. The van der Waals surface area contributed by atoms with Gasteiger partial charge in [-0.1, -0.05) is 65.1 Å². The number of Topliss-reactive ketones (excluding diaryl/α,β-unsaturated/α-hetero) is 1. The van der Waals surface area contributed by atoms with Gasteiger partial charge in [-0.05, 0) is 13.8 Å². The van der Waals surface area contributed by atoms with Gasteiger partial charge in [0.15, 0.2) is 5.78 Å². The molecule has 0 bridgehead atoms. The Morgan fingerprint density at radius 3 is 2.15 bits per heavy atom. The molecule has 0 spiro atoms. The largest absolute Gasteiger partial charge is 0.445 e. The van der Waals surface area contributed by atoms with Crippen LogP contribution in [-0.4, -0.2) is 41.3 Å². The van der Waals surface area contributed by atoms with Gasteiger partial charge in [-0.2, -0.15) is 0 Å². The van der Waals surface area contributed by atoms with Crippen LogP contribution in [0.15, 0.2) is 30.3 Å². The van der Waals surface area contributed by atoms with Gasteiger partial charge in [-0.3, -0.25) is 9.36 Å². The van der Waals surface area contributed by atoms with Crippen LogP contribution < -0.4 is 5.32 Å². The lowest BCUT2D eigenvalue weighted by atomic mass is 10.1. The van der Waals surface area contributed by atoms with Crippen LogP contribution in [0.5, 0.6) is 0 Å².